The monoisotopic (exact) mass is 430 g/mol. The van der Waals surface area contributed by atoms with E-state index in [9.17, 15) is 26.3 Å². The Hall–Kier alpha value is -2.20. The molecule has 2 unspecified atom stereocenters. The summed E-state index contributed by atoms with van der Waals surface area (Å²) in [6.07, 6.45) is -1.29. The Balaban J connectivity index is 1.47. The van der Waals surface area contributed by atoms with Crippen molar-refractivity contribution in [2.24, 2.45) is 5.73 Å². The Labute approximate surface area is 169 Å². The largest absolute Gasteiger partial charge is 0.451 e. The van der Waals surface area contributed by atoms with Crippen molar-refractivity contribution < 1.29 is 26.3 Å². The summed E-state index contributed by atoms with van der Waals surface area (Å²) in [5, 5.41) is 0. The molecule has 1 aliphatic heterocycles. The van der Waals surface area contributed by atoms with Crippen LogP contribution in [0.4, 0.5) is 26.3 Å². The Kier molecular flexibility index (Phi) is 5.48. The van der Waals surface area contributed by atoms with Crippen LogP contribution in [-0.2, 0) is 19.1 Å². The summed E-state index contributed by atoms with van der Waals surface area (Å²) in [5.74, 6) is -4.79. The van der Waals surface area contributed by atoms with Crippen LogP contribution in [0.3, 0.4) is 0 Å². The molecule has 30 heavy (non-hydrogen) atoms. The minimum atomic E-state index is -4.60. The molecule has 0 amide bonds. The highest BCUT2D eigenvalue weighted by Gasteiger charge is 2.38. The van der Waals surface area contributed by atoms with Crippen molar-refractivity contribution in [1.29, 1.82) is 0 Å². The van der Waals surface area contributed by atoms with Gasteiger partial charge in [-0.2, -0.15) is 13.2 Å². The summed E-state index contributed by atoms with van der Waals surface area (Å²) in [6.45, 7) is 0.881. The molecular formula is C20H20F6N4. The first-order valence-electron chi connectivity index (χ1n) is 9.69. The van der Waals surface area contributed by atoms with Crippen LogP contribution in [0.5, 0.6) is 0 Å². The fraction of sp³-hybridized carbons (Fsp3) is 0.500. The summed E-state index contributed by atoms with van der Waals surface area (Å²) >= 11 is 0. The molecule has 162 valence electrons. The molecule has 4 nitrogen and oxygen atoms in total. The van der Waals surface area contributed by atoms with E-state index in [0.29, 0.717) is 49.6 Å². The molecular weight excluding hydrogens is 410 g/mol. The van der Waals surface area contributed by atoms with E-state index in [1.54, 1.807) is 0 Å². The van der Waals surface area contributed by atoms with Crippen molar-refractivity contribution in [2.75, 3.05) is 6.54 Å². The Morgan fingerprint density at radius 3 is 2.47 bits per heavy atom. The van der Waals surface area contributed by atoms with Crippen LogP contribution in [-0.4, -0.2) is 33.5 Å². The molecule has 0 radical (unpaired) electrons. The van der Waals surface area contributed by atoms with Gasteiger partial charge in [0.05, 0.1) is 5.69 Å². The van der Waals surface area contributed by atoms with E-state index < -0.39 is 41.4 Å². The fourth-order valence-electron chi connectivity index (χ4n) is 4.49. The molecule has 3 atom stereocenters. The lowest BCUT2D eigenvalue weighted by Gasteiger charge is -2.41. The van der Waals surface area contributed by atoms with Gasteiger partial charge in [-0.05, 0) is 42.9 Å². The highest BCUT2D eigenvalue weighted by molar-refractivity contribution is 5.27. The molecule has 1 saturated carbocycles. The van der Waals surface area contributed by atoms with Gasteiger partial charge < -0.3 is 5.73 Å². The van der Waals surface area contributed by atoms with Crippen molar-refractivity contribution in [1.82, 2.24) is 14.9 Å². The zero-order valence-electron chi connectivity index (χ0n) is 15.9. The van der Waals surface area contributed by atoms with Gasteiger partial charge in [0.2, 0.25) is 5.82 Å². The molecule has 0 bridgehead atoms. The number of fused-ring (bicyclic) bond motifs is 1. The number of benzene rings is 1. The van der Waals surface area contributed by atoms with Gasteiger partial charge >= 0.3 is 6.18 Å². The van der Waals surface area contributed by atoms with Crippen LogP contribution in [0.15, 0.2) is 18.3 Å². The summed E-state index contributed by atoms with van der Waals surface area (Å²) in [4.78, 5) is 9.15. The van der Waals surface area contributed by atoms with Crippen molar-refractivity contribution in [3.63, 3.8) is 0 Å². The van der Waals surface area contributed by atoms with E-state index in [1.807, 2.05) is 4.90 Å². The predicted molar refractivity (Wildman–Crippen MR) is 95.8 cm³/mol. The lowest BCUT2D eigenvalue weighted by atomic mass is 9.77. The van der Waals surface area contributed by atoms with Crippen molar-refractivity contribution in [3.05, 3.63) is 58.4 Å². The first kappa shape index (κ1) is 21.0. The standard InChI is InChI=1S/C20H20F6N4/c21-14-7-16(23)15(22)6-13(14)12-2-1-11(5-17(12)27)30-4-3-10-8-28-19(20(24,25)26)29-18(10)9-30/h6-8,11-12,17H,1-5,9,27H2/t11?,12-,17?/m1/s1. The second-order valence-corrected chi connectivity index (χ2v) is 7.91. The summed E-state index contributed by atoms with van der Waals surface area (Å²) < 4.78 is 79.7. The zero-order chi connectivity index (χ0) is 21.6. The molecule has 2 N–H and O–H groups in total. The van der Waals surface area contributed by atoms with Gasteiger partial charge in [-0.25, -0.2) is 23.1 Å². The van der Waals surface area contributed by atoms with E-state index >= 15 is 0 Å². The van der Waals surface area contributed by atoms with Crippen LogP contribution in [0.25, 0.3) is 0 Å². The third-order valence-corrected chi connectivity index (χ3v) is 6.06. The summed E-state index contributed by atoms with van der Waals surface area (Å²) in [7, 11) is 0. The number of rotatable bonds is 2. The van der Waals surface area contributed by atoms with E-state index in [4.69, 9.17) is 5.73 Å². The molecule has 2 heterocycles. The molecule has 1 fully saturated rings. The Morgan fingerprint density at radius 2 is 1.77 bits per heavy atom. The molecule has 1 aliphatic carbocycles. The number of hydrogen-bond donors (Lipinski definition) is 1. The lowest BCUT2D eigenvalue weighted by Crippen LogP contribution is -2.47. The normalized spacial score (nSPS) is 25.2. The topological polar surface area (TPSA) is 55.0 Å². The van der Waals surface area contributed by atoms with Gasteiger partial charge in [-0.15, -0.1) is 0 Å². The van der Waals surface area contributed by atoms with E-state index in [2.05, 4.69) is 9.97 Å². The second kappa shape index (κ2) is 7.81. The third kappa shape index (κ3) is 4.02. The van der Waals surface area contributed by atoms with Crippen LogP contribution < -0.4 is 5.73 Å². The number of alkyl halides is 3. The second-order valence-electron chi connectivity index (χ2n) is 7.91. The molecule has 10 heteroatoms. The summed E-state index contributed by atoms with van der Waals surface area (Å²) in [6, 6.07) is 0.897. The average Bonchev–Trinajstić information content (AvgIpc) is 2.69. The molecule has 1 aromatic carbocycles. The Bertz CT molecular complexity index is 948. The number of aromatic nitrogens is 2. The van der Waals surface area contributed by atoms with Gasteiger partial charge in [0.1, 0.15) is 5.82 Å². The van der Waals surface area contributed by atoms with Crippen molar-refractivity contribution in [2.45, 2.75) is 56.4 Å². The van der Waals surface area contributed by atoms with Crippen LogP contribution in [0.2, 0.25) is 0 Å². The third-order valence-electron chi connectivity index (χ3n) is 6.06. The molecule has 0 saturated heterocycles. The molecule has 2 aliphatic rings. The zero-order valence-corrected chi connectivity index (χ0v) is 15.9. The average molecular weight is 430 g/mol. The first-order valence-corrected chi connectivity index (χ1v) is 9.69. The number of halogens is 6. The van der Waals surface area contributed by atoms with Gasteiger partial charge in [-0.1, -0.05) is 0 Å². The predicted octanol–water partition coefficient (Wildman–Crippen LogP) is 3.93. The molecule has 4 rings (SSSR count). The minimum absolute atomic E-state index is 0.0120. The van der Waals surface area contributed by atoms with Crippen LogP contribution >= 0.6 is 0 Å². The molecule has 0 spiro atoms. The van der Waals surface area contributed by atoms with Crippen molar-refractivity contribution >= 4 is 0 Å². The maximum absolute atomic E-state index is 14.2. The number of hydrogen-bond acceptors (Lipinski definition) is 4. The van der Waals surface area contributed by atoms with Crippen molar-refractivity contribution in [3.8, 4) is 0 Å². The lowest BCUT2D eigenvalue weighted by molar-refractivity contribution is -0.145. The smallest absolute Gasteiger partial charge is 0.327 e. The van der Waals surface area contributed by atoms with Gasteiger partial charge in [0.25, 0.3) is 0 Å². The van der Waals surface area contributed by atoms with Gasteiger partial charge in [0.15, 0.2) is 11.6 Å². The van der Waals surface area contributed by atoms with Gasteiger partial charge in [0, 0.05) is 43.4 Å². The SMILES string of the molecule is NC1CC(N2CCc3cnc(C(F)(F)F)nc3C2)CC[C@@H]1c1cc(F)c(F)cc1F. The highest BCUT2D eigenvalue weighted by Crippen LogP contribution is 2.37. The minimum Gasteiger partial charge on any atom is -0.327 e. The quantitative estimate of drug-likeness (QED) is 0.580. The Morgan fingerprint density at radius 1 is 1.03 bits per heavy atom. The first-order chi connectivity index (χ1) is 14.1. The van der Waals surface area contributed by atoms with Crippen LogP contribution in [0.1, 0.15) is 47.8 Å². The molecule has 1 aromatic heterocycles. The molecule has 2 aromatic rings. The highest BCUT2D eigenvalue weighted by atomic mass is 19.4. The van der Waals surface area contributed by atoms with E-state index in [0.717, 1.165) is 6.07 Å². The maximum Gasteiger partial charge on any atom is 0.451 e. The van der Waals surface area contributed by atoms with Crippen LogP contribution in [0, 0.1) is 17.5 Å². The summed E-state index contributed by atoms with van der Waals surface area (Å²) in [5.41, 5.74) is 7.37. The fourth-order valence-corrected chi connectivity index (χ4v) is 4.49. The van der Waals surface area contributed by atoms with E-state index in [-0.39, 0.29) is 18.2 Å². The number of nitrogens with two attached hydrogens (primary N) is 1. The van der Waals surface area contributed by atoms with E-state index in [1.165, 1.54) is 6.20 Å². The van der Waals surface area contributed by atoms with Gasteiger partial charge in [-0.3, -0.25) is 4.90 Å². The number of nitrogens with zero attached hydrogens (tertiary/aromatic N) is 3. The maximum atomic E-state index is 14.2.